The van der Waals surface area contributed by atoms with Gasteiger partial charge in [-0.3, -0.25) is 0 Å². The molecule has 2 rings (SSSR count). The summed E-state index contributed by atoms with van der Waals surface area (Å²) in [4.78, 5) is 0. The molecule has 0 amide bonds. The number of halogens is 2. The third kappa shape index (κ3) is 3.41. The van der Waals surface area contributed by atoms with Crippen molar-refractivity contribution in [1.82, 2.24) is 0 Å². The molecule has 0 bridgehead atoms. The van der Waals surface area contributed by atoms with Crippen LogP contribution in [-0.4, -0.2) is 18.3 Å². The highest BCUT2D eigenvalue weighted by atomic mass is 19.1. The normalized spacial score (nSPS) is 21.0. The fourth-order valence-corrected chi connectivity index (χ4v) is 2.34. The molecule has 0 atom stereocenters. The largest absolute Gasteiger partial charge is 0.525 e. The summed E-state index contributed by atoms with van der Waals surface area (Å²) in [6, 6.07) is 6.11. The van der Waals surface area contributed by atoms with Crippen molar-refractivity contribution in [1.29, 1.82) is 0 Å². The molecular formula is C17H23BF2O2. The number of hydrogen-bond donors (Lipinski definition) is 0. The van der Waals surface area contributed by atoms with Crippen molar-refractivity contribution in [3.05, 3.63) is 46.9 Å². The van der Waals surface area contributed by atoms with E-state index in [0.29, 0.717) is 18.4 Å². The van der Waals surface area contributed by atoms with Crippen LogP contribution in [0.1, 0.15) is 46.6 Å². The zero-order valence-electron chi connectivity index (χ0n) is 13.9. The van der Waals surface area contributed by atoms with E-state index >= 15 is 0 Å². The third-order valence-electron chi connectivity index (χ3n) is 4.56. The minimum atomic E-state index is -0.972. The van der Waals surface area contributed by atoms with Gasteiger partial charge in [-0.05, 0) is 63.8 Å². The highest BCUT2D eigenvalue weighted by molar-refractivity contribution is 6.53. The number of allylic oxidation sites excluding steroid dienone is 1. The molecule has 1 fully saturated rings. The summed E-state index contributed by atoms with van der Waals surface area (Å²) in [6.07, 6.45) is 0.972. The molecule has 2 nitrogen and oxygen atoms in total. The van der Waals surface area contributed by atoms with Crippen molar-refractivity contribution in [3.8, 4) is 0 Å². The summed E-state index contributed by atoms with van der Waals surface area (Å²) in [5.74, 6) is -0.294. The molecule has 1 aromatic rings. The monoisotopic (exact) mass is 308 g/mol. The molecule has 0 aromatic heterocycles. The fraction of sp³-hybridized carbons (Fsp3) is 0.529. The summed E-state index contributed by atoms with van der Waals surface area (Å²) in [6.45, 7) is 9.47. The van der Waals surface area contributed by atoms with Gasteiger partial charge in [0.05, 0.1) is 11.2 Å². The zero-order chi connectivity index (χ0) is 16.5. The minimum Gasteiger partial charge on any atom is -0.398 e. The molecule has 1 aromatic carbocycles. The van der Waals surface area contributed by atoms with E-state index in [4.69, 9.17) is 9.31 Å². The van der Waals surface area contributed by atoms with Crippen LogP contribution in [0.4, 0.5) is 8.78 Å². The fourth-order valence-electron chi connectivity index (χ4n) is 2.34. The maximum absolute atomic E-state index is 14.8. The van der Waals surface area contributed by atoms with E-state index in [1.165, 1.54) is 12.1 Å². The van der Waals surface area contributed by atoms with E-state index in [0.717, 1.165) is 5.56 Å². The van der Waals surface area contributed by atoms with E-state index in [9.17, 15) is 8.78 Å². The van der Waals surface area contributed by atoms with E-state index in [-0.39, 0.29) is 11.5 Å². The van der Waals surface area contributed by atoms with Crippen LogP contribution >= 0.6 is 0 Å². The Kier molecular flexibility index (Phi) is 4.78. The van der Waals surface area contributed by atoms with Crippen molar-refractivity contribution in [2.75, 3.05) is 0 Å². The van der Waals surface area contributed by atoms with Crippen LogP contribution in [0.2, 0.25) is 0 Å². The number of hydrogen-bond acceptors (Lipinski definition) is 2. The zero-order valence-corrected chi connectivity index (χ0v) is 13.9. The van der Waals surface area contributed by atoms with E-state index in [1.54, 1.807) is 12.1 Å². The van der Waals surface area contributed by atoms with Crippen molar-refractivity contribution in [3.63, 3.8) is 0 Å². The van der Waals surface area contributed by atoms with Gasteiger partial charge in [0, 0.05) is 0 Å². The second-order valence-corrected chi connectivity index (χ2v) is 6.70. The first kappa shape index (κ1) is 17.2. The first-order valence-corrected chi connectivity index (χ1v) is 7.64. The Morgan fingerprint density at radius 3 is 2.00 bits per heavy atom. The van der Waals surface area contributed by atoms with Crippen LogP contribution in [0, 0.1) is 5.82 Å². The molecule has 5 heteroatoms. The van der Waals surface area contributed by atoms with Gasteiger partial charge in [-0.1, -0.05) is 19.1 Å². The Morgan fingerprint density at radius 1 is 1.05 bits per heavy atom. The highest BCUT2D eigenvalue weighted by Gasteiger charge is 2.53. The maximum atomic E-state index is 14.8. The summed E-state index contributed by atoms with van der Waals surface area (Å²) in [5.41, 5.74) is -0.0199. The quantitative estimate of drug-likeness (QED) is 0.755. The standard InChI is InChI=1S/C17H23BF2O2/c1-6-13(11-12-7-9-14(19)10-8-12)15(20)18-21-16(2,3)17(4,5)22-18/h7-10H,6,11H2,1-5H3. The van der Waals surface area contributed by atoms with Crippen molar-refractivity contribution < 1.29 is 18.1 Å². The average Bonchev–Trinajstić information content (AvgIpc) is 2.66. The second-order valence-electron chi connectivity index (χ2n) is 6.70. The molecule has 0 unspecified atom stereocenters. The highest BCUT2D eigenvalue weighted by Crippen LogP contribution is 2.39. The van der Waals surface area contributed by atoms with Gasteiger partial charge in [0.1, 0.15) is 11.5 Å². The van der Waals surface area contributed by atoms with Crippen LogP contribution < -0.4 is 0 Å². The molecule has 1 aliphatic rings. The van der Waals surface area contributed by atoms with Crippen molar-refractivity contribution in [2.24, 2.45) is 0 Å². The molecule has 1 saturated heterocycles. The molecule has 1 aliphatic heterocycles. The predicted molar refractivity (Wildman–Crippen MR) is 84.6 cm³/mol. The summed E-state index contributed by atoms with van der Waals surface area (Å²) < 4.78 is 39.2. The lowest BCUT2D eigenvalue weighted by Crippen LogP contribution is -2.41. The van der Waals surface area contributed by atoms with Crippen molar-refractivity contribution >= 4 is 7.12 Å². The molecule has 0 saturated carbocycles. The van der Waals surface area contributed by atoms with Crippen LogP contribution in [0.5, 0.6) is 0 Å². The van der Waals surface area contributed by atoms with E-state index in [1.807, 2.05) is 34.6 Å². The topological polar surface area (TPSA) is 18.5 Å². The summed E-state index contributed by atoms with van der Waals surface area (Å²) >= 11 is 0. The number of benzene rings is 1. The van der Waals surface area contributed by atoms with Crippen LogP contribution in [0.15, 0.2) is 35.6 Å². The third-order valence-corrected chi connectivity index (χ3v) is 4.56. The van der Waals surface area contributed by atoms with E-state index < -0.39 is 18.3 Å². The SMILES string of the molecule is CCC(Cc1ccc(F)cc1)=C(F)B1OC(C)(C)C(C)(C)O1. The van der Waals surface area contributed by atoms with E-state index in [2.05, 4.69) is 0 Å². The second kappa shape index (κ2) is 6.13. The molecule has 0 spiro atoms. The summed E-state index contributed by atoms with van der Waals surface area (Å²) in [7, 11) is -0.972. The van der Waals surface area contributed by atoms with Gasteiger partial charge in [-0.25, -0.2) is 8.78 Å². The summed E-state index contributed by atoms with van der Waals surface area (Å²) in [5, 5.41) is 0. The number of rotatable bonds is 4. The average molecular weight is 308 g/mol. The Morgan fingerprint density at radius 2 is 1.55 bits per heavy atom. The Bertz CT molecular complexity index is 549. The Labute approximate surface area is 131 Å². The maximum Gasteiger partial charge on any atom is 0.525 e. The van der Waals surface area contributed by atoms with Crippen molar-refractivity contribution in [2.45, 2.75) is 58.7 Å². The van der Waals surface area contributed by atoms with Crippen LogP contribution in [0.25, 0.3) is 0 Å². The molecular weight excluding hydrogens is 285 g/mol. The van der Waals surface area contributed by atoms with Gasteiger partial charge in [0.2, 0.25) is 0 Å². The Balaban J connectivity index is 2.21. The Hall–Kier alpha value is -1.20. The lowest BCUT2D eigenvalue weighted by atomic mass is 9.82. The van der Waals surface area contributed by atoms with Gasteiger partial charge in [0.15, 0.2) is 0 Å². The van der Waals surface area contributed by atoms with Gasteiger partial charge in [0.25, 0.3) is 0 Å². The molecule has 0 N–H and O–H groups in total. The first-order chi connectivity index (χ1) is 10.2. The molecule has 0 aliphatic carbocycles. The van der Waals surface area contributed by atoms with Gasteiger partial charge in [-0.2, -0.15) is 0 Å². The predicted octanol–water partition coefficient (Wildman–Crippen LogP) is 4.63. The first-order valence-electron chi connectivity index (χ1n) is 7.64. The van der Waals surface area contributed by atoms with Crippen LogP contribution in [-0.2, 0) is 15.7 Å². The molecule has 120 valence electrons. The van der Waals surface area contributed by atoms with Gasteiger partial charge >= 0.3 is 7.12 Å². The molecule has 0 radical (unpaired) electrons. The van der Waals surface area contributed by atoms with Gasteiger partial charge in [-0.15, -0.1) is 0 Å². The lowest BCUT2D eigenvalue weighted by Gasteiger charge is -2.32. The smallest absolute Gasteiger partial charge is 0.398 e. The lowest BCUT2D eigenvalue weighted by molar-refractivity contribution is 0.00578. The van der Waals surface area contributed by atoms with Gasteiger partial charge < -0.3 is 9.31 Å². The molecule has 22 heavy (non-hydrogen) atoms. The molecule has 1 heterocycles. The van der Waals surface area contributed by atoms with Crippen LogP contribution in [0.3, 0.4) is 0 Å². The minimum absolute atomic E-state index is 0.294.